The molecule has 0 unspecified atom stereocenters. The number of benzene rings is 1. The molecular formula is C31H58ClN. The molecule has 2 heteroatoms. The van der Waals surface area contributed by atoms with Crippen LogP contribution >= 0.6 is 0 Å². The largest absolute Gasteiger partial charge is 1.00 e. The lowest BCUT2D eigenvalue weighted by atomic mass is 10.0. The summed E-state index contributed by atoms with van der Waals surface area (Å²) in [4.78, 5) is 0. The van der Waals surface area contributed by atoms with E-state index in [0.717, 1.165) is 11.0 Å². The lowest BCUT2D eigenvalue weighted by Gasteiger charge is -2.30. The van der Waals surface area contributed by atoms with E-state index in [1.54, 1.807) is 0 Å². The lowest BCUT2D eigenvalue weighted by Crippen LogP contribution is -3.00. The van der Waals surface area contributed by atoms with E-state index < -0.39 is 0 Å². The summed E-state index contributed by atoms with van der Waals surface area (Å²) in [5, 5.41) is 0. The number of unbranched alkanes of at least 4 members (excludes halogenated alkanes) is 19. The molecule has 194 valence electrons. The first-order valence-corrected chi connectivity index (χ1v) is 14.5. The van der Waals surface area contributed by atoms with Gasteiger partial charge in [0.05, 0.1) is 20.6 Å². The molecule has 0 N–H and O–H groups in total. The van der Waals surface area contributed by atoms with Gasteiger partial charge in [0.25, 0.3) is 0 Å². The van der Waals surface area contributed by atoms with Gasteiger partial charge in [-0.25, -0.2) is 0 Å². The molecule has 0 heterocycles. The highest BCUT2D eigenvalue weighted by Gasteiger charge is 2.14. The van der Waals surface area contributed by atoms with Crippen molar-refractivity contribution in [2.24, 2.45) is 0 Å². The van der Waals surface area contributed by atoms with E-state index in [2.05, 4.69) is 51.4 Å². The summed E-state index contributed by atoms with van der Waals surface area (Å²) in [6.07, 6.45) is 29.1. The van der Waals surface area contributed by atoms with Crippen molar-refractivity contribution in [1.82, 2.24) is 0 Å². The predicted molar refractivity (Wildman–Crippen MR) is 145 cm³/mol. The predicted octanol–water partition coefficient (Wildman–Crippen LogP) is 7.09. The van der Waals surface area contributed by atoms with Gasteiger partial charge in [0.1, 0.15) is 6.54 Å². The van der Waals surface area contributed by atoms with Gasteiger partial charge in [-0.2, -0.15) is 0 Å². The van der Waals surface area contributed by atoms with Crippen LogP contribution in [0, 0.1) is 0 Å². The van der Waals surface area contributed by atoms with Crippen LogP contribution in [0.2, 0.25) is 0 Å². The van der Waals surface area contributed by atoms with Crippen LogP contribution in [0.25, 0.3) is 0 Å². The van der Waals surface area contributed by atoms with Gasteiger partial charge in [0.2, 0.25) is 0 Å². The number of hydrogen-bond acceptors (Lipinski definition) is 0. The molecule has 0 saturated carbocycles. The Morgan fingerprint density at radius 2 is 0.818 bits per heavy atom. The molecule has 0 atom stereocenters. The van der Waals surface area contributed by atoms with Gasteiger partial charge in [-0.1, -0.05) is 153 Å². The number of halogens is 1. The van der Waals surface area contributed by atoms with Crippen LogP contribution in [0.4, 0.5) is 0 Å². The van der Waals surface area contributed by atoms with Crippen LogP contribution in [-0.4, -0.2) is 25.1 Å². The number of rotatable bonds is 23. The summed E-state index contributed by atoms with van der Waals surface area (Å²) in [5.74, 6) is 0. The number of quaternary nitrogens is 1. The van der Waals surface area contributed by atoms with Gasteiger partial charge in [0.15, 0.2) is 0 Å². The van der Waals surface area contributed by atoms with E-state index in [0.29, 0.717) is 0 Å². The molecule has 0 aliphatic rings. The lowest BCUT2D eigenvalue weighted by molar-refractivity contribution is -0.903. The fourth-order valence-corrected chi connectivity index (χ4v) is 4.95. The Balaban J connectivity index is 0.0000102. The molecule has 0 spiro atoms. The van der Waals surface area contributed by atoms with Gasteiger partial charge in [-0.05, 0) is 12.8 Å². The highest BCUT2D eigenvalue weighted by Crippen LogP contribution is 2.16. The quantitative estimate of drug-likeness (QED) is 0.116. The van der Waals surface area contributed by atoms with E-state index in [1.165, 1.54) is 141 Å². The Bertz CT molecular complexity index is 499. The minimum absolute atomic E-state index is 0. The Kier molecular flexibility index (Phi) is 22.9. The molecule has 0 bridgehead atoms. The van der Waals surface area contributed by atoms with Gasteiger partial charge in [-0.3, -0.25) is 0 Å². The second-order valence-electron chi connectivity index (χ2n) is 11.0. The molecule has 1 aromatic rings. The summed E-state index contributed by atoms with van der Waals surface area (Å²) in [6.45, 7) is 4.75. The molecule has 1 nitrogen and oxygen atoms in total. The number of hydrogen-bond donors (Lipinski definition) is 0. The summed E-state index contributed by atoms with van der Waals surface area (Å²) in [7, 11) is 4.76. The van der Waals surface area contributed by atoms with Crippen LogP contribution in [0.1, 0.15) is 141 Å². The first kappa shape index (κ1) is 32.5. The first-order valence-electron chi connectivity index (χ1n) is 14.5. The van der Waals surface area contributed by atoms with Crippen LogP contribution in [-0.2, 0) is 6.54 Å². The van der Waals surface area contributed by atoms with Crippen molar-refractivity contribution >= 4 is 0 Å². The molecule has 0 fully saturated rings. The standard InChI is InChI=1S/C31H58N.ClH/c1-4-5-6-7-8-9-10-11-12-13-14-15-16-17-18-19-20-21-22-26-29-32(2,3)30-31-27-24-23-25-28-31;/h23-25,27-28H,4-22,26,29-30H2,1-3H3;1H/q+1;/p-1. The van der Waals surface area contributed by atoms with Crippen molar-refractivity contribution in [3.8, 4) is 0 Å². The zero-order valence-corrected chi connectivity index (χ0v) is 23.5. The molecule has 0 aromatic heterocycles. The van der Waals surface area contributed by atoms with Crippen molar-refractivity contribution in [3.05, 3.63) is 35.9 Å². The van der Waals surface area contributed by atoms with E-state index in [4.69, 9.17) is 0 Å². The van der Waals surface area contributed by atoms with Crippen LogP contribution in [0.3, 0.4) is 0 Å². The van der Waals surface area contributed by atoms with Crippen molar-refractivity contribution in [2.75, 3.05) is 20.6 Å². The first-order chi connectivity index (χ1) is 15.6. The van der Waals surface area contributed by atoms with Crippen molar-refractivity contribution in [1.29, 1.82) is 0 Å². The topological polar surface area (TPSA) is 0 Å². The van der Waals surface area contributed by atoms with Crippen LogP contribution in [0.15, 0.2) is 30.3 Å². The maximum Gasteiger partial charge on any atom is 0.104 e. The van der Waals surface area contributed by atoms with Gasteiger partial charge >= 0.3 is 0 Å². The second-order valence-corrected chi connectivity index (χ2v) is 11.0. The minimum atomic E-state index is 0. The Labute approximate surface area is 215 Å². The average Bonchev–Trinajstić information content (AvgIpc) is 2.78. The molecule has 0 aliphatic heterocycles. The molecule has 0 saturated heterocycles. The monoisotopic (exact) mass is 479 g/mol. The third-order valence-corrected chi connectivity index (χ3v) is 7.07. The summed E-state index contributed by atoms with van der Waals surface area (Å²) in [5.41, 5.74) is 1.46. The molecule has 1 rings (SSSR count). The fourth-order valence-electron chi connectivity index (χ4n) is 4.95. The maximum absolute atomic E-state index is 2.38. The summed E-state index contributed by atoms with van der Waals surface area (Å²) in [6, 6.07) is 11.0. The fraction of sp³-hybridized carbons (Fsp3) is 0.806. The molecular weight excluding hydrogens is 422 g/mol. The Morgan fingerprint density at radius 3 is 1.18 bits per heavy atom. The van der Waals surface area contributed by atoms with Crippen LogP contribution in [0.5, 0.6) is 0 Å². The minimum Gasteiger partial charge on any atom is -1.00 e. The van der Waals surface area contributed by atoms with Gasteiger partial charge in [0, 0.05) is 5.56 Å². The van der Waals surface area contributed by atoms with Crippen molar-refractivity contribution in [3.63, 3.8) is 0 Å². The van der Waals surface area contributed by atoms with Crippen LogP contribution < -0.4 is 12.4 Å². The van der Waals surface area contributed by atoms with E-state index in [9.17, 15) is 0 Å². The molecule has 0 aliphatic carbocycles. The normalized spacial score (nSPS) is 11.5. The van der Waals surface area contributed by atoms with Crippen molar-refractivity contribution < 1.29 is 16.9 Å². The summed E-state index contributed by atoms with van der Waals surface area (Å²) >= 11 is 0. The average molecular weight is 480 g/mol. The van der Waals surface area contributed by atoms with Gasteiger partial charge < -0.3 is 16.9 Å². The van der Waals surface area contributed by atoms with E-state index >= 15 is 0 Å². The zero-order chi connectivity index (χ0) is 23.2. The SMILES string of the molecule is CCCCCCCCCCCCCCCCCCCCCC[N+](C)(C)Cc1ccccc1.[Cl-]. The molecule has 0 radical (unpaired) electrons. The smallest absolute Gasteiger partial charge is 0.104 e. The third kappa shape index (κ3) is 21.7. The molecule has 33 heavy (non-hydrogen) atoms. The summed E-state index contributed by atoms with van der Waals surface area (Å²) < 4.78 is 1.11. The third-order valence-electron chi connectivity index (χ3n) is 7.07. The zero-order valence-electron chi connectivity index (χ0n) is 22.8. The van der Waals surface area contributed by atoms with Crippen molar-refractivity contribution in [2.45, 2.75) is 142 Å². The number of nitrogens with zero attached hydrogens (tertiary/aromatic N) is 1. The maximum atomic E-state index is 2.38. The molecule has 0 amide bonds. The van der Waals surface area contributed by atoms with Gasteiger partial charge in [-0.15, -0.1) is 0 Å². The highest BCUT2D eigenvalue weighted by molar-refractivity contribution is 5.13. The Hall–Kier alpha value is -0.530. The second kappa shape index (κ2) is 23.2. The Morgan fingerprint density at radius 1 is 0.485 bits per heavy atom. The van der Waals surface area contributed by atoms with E-state index in [-0.39, 0.29) is 12.4 Å². The molecule has 1 aromatic carbocycles. The highest BCUT2D eigenvalue weighted by atomic mass is 35.5. The van der Waals surface area contributed by atoms with E-state index in [1.807, 2.05) is 0 Å².